The first-order chi connectivity index (χ1) is 11.2. The summed E-state index contributed by atoms with van der Waals surface area (Å²) < 4.78 is 5.16. The zero-order valence-corrected chi connectivity index (χ0v) is 13.6. The Balaban J connectivity index is 1.86. The molecule has 1 aromatic heterocycles. The van der Waals surface area contributed by atoms with Gasteiger partial charge in [0.15, 0.2) is 0 Å². The summed E-state index contributed by atoms with van der Waals surface area (Å²) >= 11 is 6.18. The van der Waals surface area contributed by atoms with Crippen LogP contribution in [0.4, 0.5) is 0 Å². The summed E-state index contributed by atoms with van der Waals surface area (Å²) in [5, 5.41) is 8.45. The molecule has 0 atom stereocenters. The smallest absolute Gasteiger partial charge is 0.360 e. The molecule has 0 N–H and O–H groups in total. The van der Waals surface area contributed by atoms with Crippen LogP contribution in [-0.2, 0) is 4.84 Å². The number of rotatable bonds is 3. The summed E-state index contributed by atoms with van der Waals surface area (Å²) in [7, 11) is 0. The van der Waals surface area contributed by atoms with Crippen molar-refractivity contribution in [3.05, 3.63) is 40.6 Å². The van der Waals surface area contributed by atoms with Gasteiger partial charge in [-0.15, -0.1) is 0 Å². The van der Waals surface area contributed by atoms with Crippen LogP contribution in [0.1, 0.15) is 48.2 Å². The summed E-state index contributed by atoms with van der Waals surface area (Å²) in [5.41, 5.74) is 2.20. The van der Waals surface area contributed by atoms with Gasteiger partial charge in [-0.05, 0) is 38.7 Å². The molecule has 3 rings (SSSR count). The molecule has 0 radical (unpaired) electrons. The molecule has 0 unspecified atom stereocenters. The minimum absolute atomic E-state index is 0.262. The summed E-state index contributed by atoms with van der Waals surface area (Å²) in [6.45, 7) is 1.66. The molecular formula is C17H17ClN2O3. The van der Waals surface area contributed by atoms with Crippen LogP contribution in [0.3, 0.4) is 0 Å². The summed E-state index contributed by atoms with van der Waals surface area (Å²) in [4.78, 5) is 17.5. The number of carbonyl (C=O) groups excluding carboxylic acids is 1. The quantitative estimate of drug-likeness (QED) is 0.599. The molecule has 0 amide bonds. The highest BCUT2D eigenvalue weighted by molar-refractivity contribution is 6.33. The van der Waals surface area contributed by atoms with E-state index in [1.165, 1.54) is 6.42 Å². The number of halogens is 1. The van der Waals surface area contributed by atoms with Gasteiger partial charge in [0.05, 0.1) is 10.7 Å². The van der Waals surface area contributed by atoms with Gasteiger partial charge >= 0.3 is 5.97 Å². The maximum atomic E-state index is 12.4. The number of hydrogen-bond acceptors (Lipinski definition) is 5. The lowest BCUT2D eigenvalue weighted by Gasteiger charge is -2.11. The first-order valence-electron chi connectivity index (χ1n) is 7.65. The van der Waals surface area contributed by atoms with E-state index < -0.39 is 5.97 Å². The van der Waals surface area contributed by atoms with Gasteiger partial charge in [0.25, 0.3) is 0 Å². The Kier molecular flexibility index (Phi) is 4.76. The van der Waals surface area contributed by atoms with Crippen molar-refractivity contribution in [2.45, 2.75) is 39.0 Å². The predicted octanol–water partition coefficient (Wildman–Crippen LogP) is 4.78. The van der Waals surface area contributed by atoms with Crippen LogP contribution in [0.2, 0.25) is 5.02 Å². The van der Waals surface area contributed by atoms with Crippen LogP contribution in [-0.4, -0.2) is 16.8 Å². The van der Waals surface area contributed by atoms with E-state index in [1.54, 1.807) is 19.1 Å². The molecule has 23 heavy (non-hydrogen) atoms. The average Bonchev–Trinajstić information content (AvgIpc) is 2.95. The Bertz CT molecular complexity index is 744. The molecule has 6 heteroatoms. The van der Waals surface area contributed by atoms with Gasteiger partial charge in [0.1, 0.15) is 17.0 Å². The van der Waals surface area contributed by atoms with Crippen molar-refractivity contribution in [3.63, 3.8) is 0 Å². The third kappa shape index (κ3) is 3.45. The molecular weight excluding hydrogens is 316 g/mol. The number of benzene rings is 1. The van der Waals surface area contributed by atoms with E-state index in [0.29, 0.717) is 22.0 Å². The second-order valence-corrected chi connectivity index (χ2v) is 5.95. The molecule has 5 nitrogen and oxygen atoms in total. The van der Waals surface area contributed by atoms with E-state index in [0.717, 1.165) is 31.4 Å². The van der Waals surface area contributed by atoms with Gasteiger partial charge in [-0.2, -0.15) is 0 Å². The molecule has 1 fully saturated rings. The van der Waals surface area contributed by atoms with Crippen LogP contribution in [0.15, 0.2) is 33.9 Å². The van der Waals surface area contributed by atoms with Crippen molar-refractivity contribution in [1.82, 2.24) is 5.16 Å². The fraction of sp³-hybridized carbons (Fsp3) is 0.353. The van der Waals surface area contributed by atoms with E-state index in [1.807, 2.05) is 12.1 Å². The summed E-state index contributed by atoms with van der Waals surface area (Å²) in [6.07, 6.45) is 5.15. The molecule has 1 aliphatic rings. The standard InChI is InChI=1S/C17H17ClN2O3/c1-11-15(17(21)23-19-12-7-3-2-4-8-12)16(20-22-11)13-9-5-6-10-14(13)18/h5-6,9-10H,2-4,7-8H2,1H3. The van der Waals surface area contributed by atoms with Crippen LogP contribution >= 0.6 is 11.6 Å². The SMILES string of the molecule is Cc1onc(-c2ccccc2Cl)c1C(=O)ON=C1CCCCC1. The monoisotopic (exact) mass is 332 g/mol. The molecule has 1 aromatic carbocycles. The van der Waals surface area contributed by atoms with Gasteiger partial charge in [-0.3, -0.25) is 0 Å². The Morgan fingerprint density at radius 2 is 2.00 bits per heavy atom. The lowest BCUT2D eigenvalue weighted by molar-refractivity contribution is 0.0512. The Morgan fingerprint density at radius 3 is 2.74 bits per heavy atom. The Morgan fingerprint density at radius 1 is 1.26 bits per heavy atom. The van der Waals surface area contributed by atoms with Crippen molar-refractivity contribution < 1.29 is 14.2 Å². The minimum atomic E-state index is -0.572. The highest BCUT2D eigenvalue weighted by Crippen LogP contribution is 2.31. The van der Waals surface area contributed by atoms with E-state index in [-0.39, 0.29) is 5.56 Å². The molecule has 2 aromatic rings. The van der Waals surface area contributed by atoms with Crippen molar-refractivity contribution >= 4 is 23.3 Å². The summed E-state index contributed by atoms with van der Waals surface area (Å²) in [5.74, 6) is -0.189. The number of oxime groups is 1. The van der Waals surface area contributed by atoms with E-state index in [9.17, 15) is 4.79 Å². The second-order valence-electron chi connectivity index (χ2n) is 5.54. The second kappa shape index (κ2) is 6.96. The molecule has 0 aliphatic heterocycles. The van der Waals surface area contributed by atoms with Crippen molar-refractivity contribution in [3.8, 4) is 11.3 Å². The van der Waals surface area contributed by atoms with E-state index >= 15 is 0 Å². The van der Waals surface area contributed by atoms with Gasteiger partial charge in [-0.1, -0.05) is 46.5 Å². The van der Waals surface area contributed by atoms with E-state index in [2.05, 4.69) is 10.3 Å². The highest BCUT2D eigenvalue weighted by atomic mass is 35.5. The molecule has 0 spiro atoms. The van der Waals surface area contributed by atoms with Crippen LogP contribution in [0.5, 0.6) is 0 Å². The van der Waals surface area contributed by atoms with Crippen LogP contribution in [0.25, 0.3) is 11.3 Å². The van der Waals surface area contributed by atoms with Crippen LogP contribution < -0.4 is 0 Å². The normalized spacial score (nSPS) is 14.6. The zero-order chi connectivity index (χ0) is 16.2. The number of carbonyl (C=O) groups is 1. The topological polar surface area (TPSA) is 64.7 Å². The maximum absolute atomic E-state index is 12.4. The fourth-order valence-corrected chi connectivity index (χ4v) is 2.88. The van der Waals surface area contributed by atoms with Crippen molar-refractivity contribution in [1.29, 1.82) is 0 Å². The lowest BCUT2D eigenvalue weighted by Crippen LogP contribution is -2.09. The largest absolute Gasteiger partial charge is 0.371 e. The summed E-state index contributed by atoms with van der Waals surface area (Å²) in [6, 6.07) is 7.15. The Labute approximate surface area is 139 Å². The van der Waals surface area contributed by atoms with E-state index in [4.69, 9.17) is 21.0 Å². The molecule has 0 saturated heterocycles. The average molecular weight is 333 g/mol. The number of aryl methyl sites for hydroxylation is 1. The van der Waals surface area contributed by atoms with Crippen LogP contribution in [0, 0.1) is 6.92 Å². The van der Waals surface area contributed by atoms with Crippen molar-refractivity contribution in [2.75, 3.05) is 0 Å². The number of hydrogen-bond donors (Lipinski definition) is 0. The third-order valence-electron chi connectivity index (χ3n) is 3.88. The number of aromatic nitrogens is 1. The third-order valence-corrected chi connectivity index (χ3v) is 4.21. The molecule has 120 valence electrons. The first kappa shape index (κ1) is 15.7. The molecule has 1 heterocycles. The molecule has 1 saturated carbocycles. The first-order valence-corrected chi connectivity index (χ1v) is 8.03. The van der Waals surface area contributed by atoms with Crippen molar-refractivity contribution in [2.24, 2.45) is 5.16 Å². The molecule has 1 aliphatic carbocycles. The molecule has 0 bridgehead atoms. The van der Waals surface area contributed by atoms with Gasteiger partial charge in [-0.25, -0.2) is 4.79 Å². The predicted molar refractivity (Wildman–Crippen MR) is 87.6 cm³/mol. The zero-order valence-electron chi connectivity index (χ0n) is 12.8. The minimum Gasteiger partial charge on any atom is -0.360 e. The highest BCUT2D eigenvalue weighted by Gasteiger charge is 2.25. The lowest BCUT2D eigenvalue weighted by atomic mass is 9.99. The van der Waals surface area contributed by atoms with Gasteiger partial charge < -0.3 is 9.36 Å². The van der Waals surface area contributed by atoms with Gasteiger partial charge in [0, 0.05) is 5.56 Å². The number of nitrogens with zero attached hydrogens (tertiary/aromatic N) is 2. The fourth-order valence-electron chi connectivity index (χ4n) is 2.65. The van der Waals surface area contributed by atoms with Gasteiger partial charge in [0.2, 0.25) is 0 Å². The maximum Gasteiger partial charge on any atom is 0.371 e. The Hall–Kier alpha value is -2.14.